The summed E-state index contributed by atoms with van der Waals surface area (Å²) in [6.45, 7) is 4.76. The Morgan fingerprint density at radius 3 is 2.53 bits per heavy atom. The monoisotopic (exact) mass is 489 g/mol. The first kappa shape index (κ1) is 21.7. The minimum absolute atomic E-state index is 0.186. The topological polar surface area (TPSA) is 61.4 Å². The number of carbonyl (C=O) groups is 1. The van der Waals surface area contributed by atoms with E-state index < -0.39 is 0 Å². The number of carbonyl (C=O) groups excluding carboxylic acids is 1. The molecule has 0 atom stereocenters. The SMILES string of the molecule is CCc1nc(N2CCN(C(=O)Nc3c(Cl)cccc3Cl)CC2)c2c3c(sc2n1)CCCC3. The van der Waals surface area contributed by atoms with Crippen molar-refractivity contribution in [1.29, 1.82) is 0 Å². The molecule has 0 unspecified atom stereocenters. The van der Waals surface area contributed by atoms with Crippen molar-refractivity contribution in [1.82, 2.24) is 14.9 Å². The van der Waals surface area contributed by atoms with Gasteiger partial charge in [0.2, 0.25) is 0 Å². The van der Waals surface area contributed by atoms with E-state index in [2.05, 4.69) is 17.1 Å². The van der Waals surface area contributed by atoms with Crippen LogP contribution in [0.4, 0.5) is 16.3 Å². The van der Waals surface area contributed by atoms with Crippen LogP contribution in [0.25, 0.3) is 10.2 Å². The molecule has 0 saturated carbocycles. The molecule has 3 heterocycles. The summed E-state index contributed by atoms with van der Waals surface area (Å²) in [4.78, 5) is 29.3. The molecule has 9 heteroatoms. The van der Waals surface area contributed by atoms with Crippen LogP contribution in [-0.4, -0.2) is 47.1 Å². The van der Waals surface area contributed by atoms with Gasteiger partial charge in [-0.3, -0.25) is 0 Å². The van der Waals surface area contributed by atoms with Gasteiger partial charge in [0.25, 0.3) is 0 Å². The summed E-state index contributed by atoms with van der Waals surface area (Å²) in [5, 5.41) is 4.97. The maximum atomic E-state index is 12.8. The molecular formula is C23H25Cl2N5OS. The van der Waals surface area contributed by atoms with E-state index in [0.717, 1.165) is 48.8 Å². The van der Waals surface area contributed by atoms with Gasteiger partial charge in [0.1, 0.15) is 16.5 Å². The Hall–Kier alpha value is -2.09. The molecule has 1 aliphatic carbocycles. The van der Waals surface area contributed by atoms with Crippen molar-refractivity contribution in [3.63, 3.8) is 0 Å². The third-order valence-corrected chi connectivity index (χ3v) is 8.03. The highest BCUT2D eigenvalue weighted by atomic mass is 35.5. The maximum Gasteiger partial charge on any atom is 0.322 e. The zero-order valence-electron chi connectivity index (χ0n) is 18.0. The van der Waals surface area contributed by atoms with Crippen molar-refractivity contribution in [2.24, 2.45) is 0 Å². The van der Waals surface area contributed by atoms with Crippen LogP contribution in [-0.2, 0) is 19.3 Å². The van der Waals surface area contributed by atoms with E-state index in [0.29, 0.717) is 28.8 Å². The molecule has 6 nitrogen and oxygen atoms in total. The highest BCUT2D eigenvalue weighted by Crippen LogP contribution is 2.40. The number of nitrogens with zero attached hydrogens (tertiary/aromatic N) is 4. The first-order valence-corrected chi connectivity index (χ1v) is 12.7. The van der Waals surface area contributed by atoms with Crippen LogP contribution >= 0.6 is 34.5 Å². The van der Waals surface area contributed by atoms with Crippen molar-refractivity contribution in [3.05, 3.63) is 44.5 Å². The number of nitrogens with one attached hydrogen (secondary N) is 1. The zero-order chi connectivity index (χ0) is 22.2. The highest BCUT2D eigenvalue weighted by molar-refractivity contribution is 7.19. The number of amides is 2. The van der Waals surface area contributed by atoms with Crippen molar-refractivity contribution in [2.45, 2.75) is 39.0 Å². The van der Waals surface area contributed by atoms with E-state index in [1.165, 1.54) is 28.7 Å². The Morgan fingerprint density at radius 1 is 1.09 bits per heavy atom. The molecule has 1 fully saturated rings. The number of aryl methyl sites for hydroxylation is 3. The maximum absolute atomic E-state index is 12.8. The predicted molar refractivity (Wildman–Crippen MR) is 133 cm³/mol. The lowest BCUT2D eigenvalue weighted by molar-refractivity contribution is 0.208. The molecule has 0 radical (unpaired) electrons. The van der Waals surface area contributed by atoms with Crippen LogP contribution in [0.5, 0.6) is 0 Å². The number of urea groups is 1. The number of rotatable bonds is 3. The second-order valence-electron chi connectivity index (χ2n) is 8.21. The van der Waals surface area contributed by atoms with Crippen LogP contribution in [0.2, 0.25) is 10.0 Å². The Morgan fingerprint density at radius 2 is 1.81 bits per heavy atom. The lowest BCUT2D eigenvalue weighted by atomic mass is 9.97. The fourth-order valence-corrected chi connectivity index (χ4v) is 6.26. The molecule has 1 aliphatic heterocycles. The average molecular weight is 490 g/mol. The van der Waals surface area contributed by atoms with Crippen LogP contribution in [0, 0.1) is 0 Å². The molecule has 2 aliphatic rings. The number of benzene rings is 1. The number of piperazine rings is 1. The first-order chi connectivity index (χ1) is 15.5. The number of para-hydroxylation sites is 1. The standard InChI is InChI=1S/C23H25Cl2N5OS/c1-2-18-26-21(19-14-6-3-4-9-17(14)32-22(19)27-18)29-10-12-30(13-11-29)23(31)28-20-15(24)7-5-8-16(20)25/h5,7-8H,2-4,6,9-13H2,1H3,(H,28,31). The van der Waals surface area contributed by atoms with Gasteiger partial charge in [-0.2, -0.15) is 0 Å². The third-order valence-electron chi connectivity index (χ3n) is 6.22. The lowest BCUT2D eigenvalue weighted by Gasteiger charge is -2.36. The number of aromatic nitrogens is 2. The normalized spacial score (nSPS) is 16.3. The summed E-state index contributed by atoms with van der Waals surface area (Å²) in [6.07, 6.45) is 5.55. The summed E-state index contributed by atoms with van der Waals surface area (Å²) in [7, 11) is 0. The molecule has 2 aromatic heterocycles. The summed E-state index contributed by atoms with van der Waals surface area (Å²) >= 11 is 14.3. The van der Waals surface area contributed by atoms with Crippen molar-refractivity contribution in [2.75, 3.05) is 36.4 Å². The largest absolute Gasteiger partial charge is 0.352 e. The van der Waals surface area contributed by atoms with Crippen molar-refractivity contribution < 1.29 is 4.79 Å². The van der Waals surface area contributed by atoms with Gasteiger partial charge < -0.3 is 15.1 Å². The van der Waals surface area contributed by atoms with Gasteiger partial charge in [0, 0.05) is 37.5 Å². The molecule has 32 heavy (non-hydrogen) atoms. The molecule has 0 bridgehead atoms. The van der Waals surface area contributed by atoms with Gasteiger partial charge in [-0.05, 0) is 43.4 Å². The minimum atomic E-state index is -0.186. The highest BCUT2D eigenvalue weighted by Gasteiger charge is 2.27. The molecule has 0 spiro atoms. The second kappa shape index (κ2) is 9.04. The molecule has 1 N–H and O–H groups in total. The van der Waals surface area contributed by atoms with Gasteiger partial charge in [-0.25, -0.2) is 14.8 Å². The van der Waals surface area contributed by atoms with E-state index in [1.807, 2.05) is 11.3 Å². The van der Waals surface area contributed by atoms with Crippen LogP contribution in [0.15, 0.2) is 18.2 Å². The van der Waals surface area contributed by atoms with Crippen molar-refractivity contribution in [3.8, 4) is 0 Å². The molecule has 1 saturated heterocycles. The van der Waals surface area contributed by atoms with Crippen LogP contribution in [0.3, 0.4) is 0 Å². The fourth-order valence-electron chi connectivity index (χ4n) is 4.49. The van der Waals surface area contributed by atoms with E-state index in [9.17, 15) is 4.79 Å². The van der Waals surface area contributed by atoms with Crippen LogP contribution < -0.4 is 10.2 Å². The number of halogens is 2. The van der Waals surface area contributed by atoms with Gasteiger partial charge in [-0.1, -0.05) is 36.2 Å². The summed E-state index contributed by atoms with van der Waals surface area (Å²) in [6, 6.07) is 5.01. The number of hydrogen-bond donors (Lipinski definition) is 1. The Labute approximate surface area is 201 Å². The number of thiophene rings is 1. The second-order valence-corrected chi connectivity index (χ2v) is 10.1. The first-order valence-electron chi connectivity index (χ1n) is 11.1. The van der Waals surface area contributed by atoms with Gasteiger partial charge in [0.15, 0.2) is 0 Å². The third kappa shape index (κ3) is 4.02. The average Bonchev–Trinajstić information content (AvgIpc) is 3.19. The molecule has 5 rings (SSSR count). The molecule has 168 valence electrons. The van der Waals surface area contributed by atoms with Gasteiger partial charge >= 0.3 is 6.03 Å². The molecule has 2 amide bonds. The number of hydrogen-bond acceptors (Lipinski definition) is 5. The van der Waals surface area contributed by atoms with Gasteiger partial charge in [-0.15, -0.1) is 11.3 Å². The molecule has 3 aromatic rings. The summed E-state index contributed by atoms with van der Waals surface area (Å²) in [5.41, 5.74) is 1.90. The Kier molecular flexibility index (Phi) is 6.14. The summed E-state index contributed by atoms with van der Waals surface area (Å²) < 4.78 is 0. The lowest BCUT2D eigenvalue weighted by Crippen LogP contribution is -2.50. The molecular weight excluding hydrogens is 465 g/mol. The quantitative estimate of drug-likeness (QED) is 0.505. The predicted octanol–water partition coefficient (Wildman–Crippen LogP) is 5.79. The number of fused-ring (bicyclic) bond motifs is 3. The van der Waals surface area contributed by atoms with E-state index in [1.54, 1.807) is 23.1 Å². The number of anilines is 2. The smallest absolute Gasteiger partial charge is 0.322 e. The minimum Gasteiger partial charge on any atom is -0.352 e. The zero-order valence-corrected chi connectivity index (χ0v) is 20.3. The van der Waals surface area contributed by atoms with Crippen LogP contribution in [0.1, 0.15) is 36.0 Å². The fraction of sp³-hybridized carbons (Fsp3) is 0.435. The Balaban J connectivity index is 1.36. The molecule has 1 aromatic carbocycles. The Bertz CT molecular complexity index is 1150. The van der Waals surface area contributed by atoms with Crippen molar-refractivity contribution >= 4 is 62.3 Å². The van der Waals surface area contributed by atoms with E-state index >= 15 is 0 Å². The van der Waals surface area contributed by atoms with E-state index in [-0.39, 0.29) is 6.03 Å². The van der Waals surface area contributed by atoms with Gasteiger partial charge in [0.05, 0.1) is 21.1 Å². The van der Waals surface area contributed by atoms with E-state index in [4.69, 9.17) is 33.2 Å². The summed E-state index contributed by atoms with van der Waals surface area (Å²) in [5.74, 6) is 1.93.